The quantitative estimate of drug-likeness (QED) is 0.453. The lowest BCUT2D eigenvalue weighted by Gasteiger charge is -2.24. The molecule has 1 atom stereocenters. The molecule has 8 heteroatoms. The molecule has 3 rings (SSSR count). The standard InChI is InChI=1S/C24H25BrN2O4S/c1-18(22-10-6-7-11-23(22)31-2)26-24(28)17-27(16-19-8-4-3-5-9-19)32(29,30)21-14-12-20(25)13-15-21/h3-15,18H,16-17H2,1-2H3,(H,26,28)/t18-/m0/s1. The van der Waals surface area contributed by atoms with Crippen molar-refractivity contribution in [3.63, 3.8) is 0 Å². The van der Waals surface area contributed by atoms with E-state index in [1.54, 1.807) is 19.2 Å². The Balaban J connectivity index is 1.83. The molecule has 0 fully saturated rings. The third kappa shape index (κ3) is 5.97. The summed E-state index contributed by atoms with van der Waals surface area (Å²) in [7, 11) is -2.33. The van der Waals surface area contributed by atoms with Gasteiger partial charge < -0.3 is 10.1 Å². The molecule has 1 N–H and O–H groups in total. The predicted molar refractivity (Wildman–Crippen MR) is 128 cm³/mol. The third-order valence-corrected chi connectivity index (χ3v) is 7.29. The van der Waals surface area contributed by atoms with Gasteiger partial charge in [0.15, 0.2) is 0 Å². The van der Waals surface area contributed by atoms with Crippen molar-refractivity contribution in [2.45, 2.75) is 24.4 Å². The minimum absolute atomic E-state index is 0.0791. The number of benzene rings is 3. The first-order valence-corrected chi connectivity index (χ1v) is 12.3. The van der Waals surface area contributed by atoms with Crippen molar-refractivity contribution in [3.8, 4) is 5.75 Å². The molecule has 0 spiro atoms. The van der Waals surface area contributed by atoms with Crippen LogP contribution in [0.15, 0.2) is 88.2 Å². The number of ether oxygens (including phenoxy) is 1. The lowest BCUT2D eigenvalue weighted by atomic mass is 10.1. The highest BCUT2D eigenvalue weighted by Gasteiger charge is 2.27. The molecule has 32 heavy (non-hydrogen) atoms. The van der Waals surface area contributed by atoms with E-state index in [1.807, 2.05) is 61.5 Å². The van der Waals surface area contributed by atoms with E-state index >= 15 is 0 Å². The van der Waals surface area contributed by atoms with Crippen LogP contribution in [0.5, 0.6) is 5.75 Å². The van der Waals surface area contributed by atoms with Crippen LogP contribution in [0.25, 0.3) is 0 Å². The summed E-state index contributed by atoms with van der Waals surface area (Å²) < 4.78 is 34.0. The minimum Gasteiger partial charge on any atom is -0.496 e. The number of carbonyl (C=O) groups excluding carboxylic acids is 1. The van der Waals surface area contributed by atoms with Crippen molar-refractivity contribution in [1.29, 1.82) is 0 Å². The Morgan fingerprint density at radius 1 is 1.00 bits per heavy atom. The van der Waals surface area contributed by atoms with Gasteiger partial charge in [-0.3, -0.25) is 4.79 Å². The van der Waals surface area contributed by atoms with E-state index in [0.29, 0.717) is 5.75 Å². The second-order valence-corrected chi connectivity index (χ2v) is 10.1. The number of hydrogen-bond donors (Lipinski definition) is 1. The van der Waals surface area contributed by atoms with Crippen LogP contribution >= 0.6 is 15.9 Å². The van der Waals surface area contributed by atoms with Gasteiger partial charge in [0.05, 0.1) is 24.6 Å². The van der Waals surface area contributed by atoms with Crippen molar-refractivity contribution in [3.05, 3.63) is 94.5 Å². The second kappa shape index (κ2) is 10.8. The number of sulfonamides is 1. The first-order valence-electron chi connectivity index (χ1n) is 10.0. The van der Waals surface area contributed by atoms with Crippen molar-refractivity contribution >= 4 is 31.9 Å². The number of nitrogens with one attached hydrogen (secondary N) is 1. The van der Waals surface area contributed by atoms with E-state index in [1.165, 1.54) is 16.4 Å². The van der Waals surface area contributed by atoms with Gasteiger partial charge >= 0.3 is 0 Å². The molecule has 0 aliphatic rings. The van der Waals surface area contributed by atoms with E-state index in [0.717, 1.165) is 15.6 Å². The molecular weight excluding hydrogens is 492 g/mol. The van der Waals surface area contributed by atoms with Crippen molar-refractivity contribution in [1.82, 2.24) is 9.62 Å². The van der Waals surface area contributed by atoms with Crippen molar-refractivity contribution < 1.29 is 17.9 Å². The maximum Gasteiger partial charge on any atom is 0.243 e. The Morgan fingerprint density at radius 2 is 1.62 bits per heavy atom. The molecule has 3 aromatic rings. The Kier molecular flexibility index (Phi) is 8.06. The van der Waals surface area contributed by atoms with E-state index in [4.69, 9.17) is 4.74 Å². The molecule has 6 nitrogen and oxygen atoms in total. The first kappa shape index (κ1) is 24.0. The second-order valence-electron chi connectivity index (χ2n) is 7.24. The summed E-state index contributed by atoms with van der Waals surface area (Å²) in [5.74, 6) is 0.254. The summed E-state index contributed by atoms with van der Waals surface area (Å²) in [6.45, 7) is 1.60. The Labute approximate surface area is 197 Å². The van der Waals surface area contributed by atoms with Crippen LogP contribution in [0.2, 0.25) is 0 Å². The van der Waals surface area contributed by atoms with E-state index in [-0.39, 0.29) is 24.0 Å². The molecule has 0 saturated carbocycles. The topological polar surface area (TPSA) is 75.7 Å². The van der Waals surface area contributed by atoms with Gasteiger partial charge in [-0.2, -0.15) is 4.31 Å². The van der Waals surface area contributed by atoms with Gasteiger partial charge in [-0.25, -0.2) is 8.42 Å². The summed E-state index contributed by atoms with van der Waals surface area (Å²) in [5.41, 5.74) is 1.60. The molecule has 0 heterocycles. The number of amides is 1. The first-order chi connectivity index (χ1) is 15.3. The highest BCUT2D eigenvalue weighted by Crippen LogP contribution is 2.25. The number of nitrogens with zero attached hydrogens (tertiary/aromatic N) is 1. The number of carbonyl (C=O) groups is 1. The maximum atomic E-state index is 13.4. The number of hydrogen-bond acceptors (Lipinski definition) is 4. The zero-order chi connectivity index (χ0) is 23.1. The average molecular weight is 517 g/mol. The average Bonchev–Trinajstić information content (AvgIpc) is 2.79. The molecule has 0 aromatic heterocycles. The fourth-order valence-corrected chi connectivity index (χ4v) is 4.97. The molecule has 0 unspecified atom stereocenters. The number of para-hydroxylation sites is 1. The zero-order valence-electron chi connectivity index (χ0n) is 17.9. The van der Waals surface area contributed by atoms with Crippen molar-refractivity contribution in [2.75, 3.05) is 13.7 Å². The monoisotopic (exact) mass is 516 g/mol. The van der Waals surface area contributed by atoms with Crippen molar-refractivity contribution in [2.24, 2.45) is 0 Å². The van der Waals surface area contributed by atoms with Crippen LogP contribution in [0.1, 0.15) is 24.1 Å². The van der Waals surface area contributed by atoms with Gasteiger partial charge in [-0.1, -0.05) is 64.5 Å². The number of halogens is 1. The molecule has 0 aliphatic carbocycles. The number of methoxy groups -OCH3 is 1. The van der Waals surface area contributed by atoms with Gasteiger partial charge in [0.1, 0.15) is 5.75 Å². The Morgan fingerprint density at radius 3 is 2.28 bits per heavy atom. The molecule has 0 radical (unpaired) electrons. The zero-order valence-corrected chi connectivity index (χ0v) is 20.3. The van der Waals surface area contributed by atoms with Gasteiger partial charge in [0.25, 0.3) is 0 Å². The van der Waals surface area contributed by atoms with Gasteiger partial charge in [0.2, 0.25) is 15.9 Å². The molecule has 168 valence electrons. The van der Waals surface area contributed by atoms with Gasteiger partial charge in [-0.05, 0) is 42.8 Å². The van der Waals surface area contributed by atoms with Crippen LogP contribution in [0.4, 0.5) is 0 Å². The lowest BCUT2D eigenvalue weighted by Crippen LogP contribution is -2.41. The summed E-state index contributed by atoms with van der Waals surface area (Å²) in [4.78, 5) is 13.0. The van der Waals surface area contributed by atoms with E-state index in [2.05, 4.69) is 21.2 Å². The number of rotatable bonds is 9. The lowest BCUT2D eigenvalue weighted by molar-refractivity contribution is -0.122. The smallest absolute Gasteiger partial charge is 0.243 e. The fraction of sp³-hybridized carbons (Fsp3) is 0.208. The highest BCUT2D eigenvalue weighted by atomic mass is 79.9. The van der Waals surface area contributed by atoms with Crippen LogP contribution in [-0.4, -0.2) is 32.3 Å². The normalized spacial score (nSPS) is 12.4. The summed E-state index contributed by atoms with van der Waals surface area (Å²) in [6, 6.07) is 22.6. The van der Waals surface area contributed by atoms with E-state index in [9.17, 15) is 13.2 Å². The summed E-state index contributed by atoms with van der Waals surface area (Å²) in [5, 5.41) is 2.89. The Bertz CT molecular complexity index is 1150. The fourth-order valence-electron chi connectivity index (χ4n) is 3.32. The molecule has 3 aromatic carbocycles. The highest BCUT2D eigenvalue weighted by molar-refractivity contribution is 9.10. The predicted octanol–water partition coefficient (Wildman–Crippen LogP) is 4.53. The van der Waals surface area contributed by atoms with Gasteiger partial charge in [-0.15, -0.1) is 0 Å². The van der Waals surface area contributed by atoms with Crippen LogP contribution in [0.3, 0.4) is 0 Å². The molecular formula is C24H25BrN2O4S. The molecule has 0 bridgehead atoms. The molecule has 0 saturated heterocycles. The van der Waals surface area contributed by atoms with Gasteiger partial charge in [0, 0.05) is 16.6 Å². The van der Waals surface area contributed by atoms with E-state index < -0.39 is 15.9 Å². The third-order valence-electron chi connectivity index (χ3n) is 4.96. The molecule has 0 aliphatic heterocycles. The van der Waals surface area contributed by atoms with Crippen LogP contribution in [-0.2, 0) is 21.4 Å². The SMILES string of the molecule is COc1ccccc1[C@H](C)NC(=O)CN(Cc1ccccc1)S(=O)(=O)c1ccc(Br)cc1. The maximum absolute atomic E-state index is 13.4. The summed E-state index contributed by atoms with van der Waals surface area (Å²) in [6.07, 6.45) is 0. The minimum atomic E-state index is -3.90. The summed E-state index contributed by atoms with van der Waals surface area (Å²) >= 11 is 3.32. The Hall–Kier alpha value is -2.68. The largest absolute Gasteiger partial charge is 0.496 e. The molecule has 1 amide bonds. The van der Waals surface area contributed by atoms with Crippen LogP contribution in [0, 0.1) is 0 Å². The van der Waals surface area contributed by atoms with Crippen LogP contribution < -0.4 is 10.1 Å².